The summed E-state index contributed by atoms with van der Waals surface area (Å²) in [6, 6.07) is 14.7. The number of carbonyl (C=O) groups is 2. The third-order valence-corrected chi connectivity index (χ3v) is 10.6. The molecular formula is C30H31Cl4N3O4S. The first-order valence-electron chi connectivity index (χ1n) is 13.4. The summed E-state index contributed by atoms with van der Waals surface area (Å²) in [5.41, 5.74) is 1.65. The molecule has 0 aromatic heterocycles. The van der Waals surface area contributed by atoms with Crippen molar-refractivity contribution < 1.29 is 18.0 Å². The molecule has 1 atom stereocenters. The molecule has 0 unspecified atom stereocenters. The van der Waals surface area contributed by atoms with E-state index in [0.717, 1.165) is 35.6 Å². The molecule has 3 aromatic rings. The number of sulfonamides is 1. The van der Waals surface area contributed by atoms with Crippen LogP contribution in [0.4, 0.5) is 5.69 Å². The van der Waals surface area contributed by atoms with E-state index in [0.29, 0.717) is 15.6 Å². The molecule has 1 saturated carbocycles. The first-order chi connectivity index (χ1) is 19.9. The maximum absolute atomic E-state index is 14.1. The summed E-state index contributed by atoms with van der Waals surface area (Å²) in [6.45, 7) is 2.86. The maximum Gasteiger partial charge on any atom is 0.264 e. The molecule has 0 radical (unpaired) electrons. The van der Waals surface area contributed by atoms with Crippen LogP contribution in [0.5, 0.6) is 0 Å². The Morgan fingerprint density at radius 3 is 2.07 bits per heavy atom. The van der Waals surface area contributed by atoms with Crippen LogP contribution >= 0.6 is 46.4 Å². The molecule has 0 spiro atoms. The predicted octanol–water partition coefficient (Wildman–Crippen LogP) is 7.28. The van der Waals surface area contributed by atoms with Crippen molar-refractivity contribution in [1.82, 2.24) is 10.2 Å². The molecule has 1 N–H and O–H groups in total. The summed E-state index contributed by atoms with van der Waals surface area (Å²) in [5, 5.41) is 4.04. The van der Waals surface area contributed by atoms with E-state index in [1.165, 1.54) is 35.2 Å². The second kappa shape index (κ2) is 13.9. The number of benzene rings is 3. The van der Waals surface area contributed by atoms with E-state index in [-0.39, 0.29) is 39.1 Å². The quantitative estimate of drug-likeness (QED) is 0.246. The van der Waals surface area contributed by atoms with Crippen LogP contribution in [0.2, 0.25) is 20.1 Å². The number of aryl methyl sites for hydroxylation is 1. The van der Waals surface area contributed by atoms with E-state index >= 15 is 0 Å². The summed E-state index contributed by atoms with van der Waals surface area (Å²) in [7, 11) is -4.23. The fourth-order valence-corrected chi connectivity index (χ4v) is 6.83. The lowest BCUT2D eigenvalue weighted by molar-refractivity contribution is -0.139. The minimum Gasteiger partial charge on any atom is -0.352 e. The van der Waals surface area contributed by atoms with Crippen LogP contribution in [0.25, 0.3) is 0 Å². The van der Waals surface area contributed by atoms with Gasteiger partial charge in [0, 0.05) is 12.6 Å². The van der Waals surface area contributed by atoms with Crippen molar-refractivity contribution in [3.63, 3.8) is 0 Å². The lowest BCUT2D eigenvalue weighted by Gasteiger charge is -2.32. The van der Waals surface area contributed by atoms with Gasteiger partial charge in [0.1, 0.15) is 12.6 Å². The van der Waals surface area contributed by atoms with Crippen molar-refractivity contribution in [2.45, 2.75) is 63.1 Å². The van der Waals surface area contributed by atoms with Gasteiger partial charge in [-0.15, -0.1) is 0 Å². The molecule has 1 fully saturated rings. The minimum atomic E-state index is -4.23. The SMILES string of the molecule is Cc1ccc(S(=O)(=O)N(CC(=O)N(Cc2ccc(Cl)c(Cl)c2)[C@@H](C)C(=O)NC2CCCC2)c2ccc(Cl)c(Cl)c2)cc1. The van der Waals surface area contributed by atoms with E-state index in [2.05, 4.69) is 5.32 Å². The standard InChI is InChI=1S/C30H31Cl4N3O4S/c1-19-7-11-24(12-8-19)42(40,41)37(23-10-14-26(32)28(34)16-23)18-29(38)36(17-21-9-13-25(31)27(33)15-21)20(2)30(39)35-22-5-3-4-6-22/h7-16,20,22H,3-6,17-18H2,1-2H3,(H,35,39)/t20-/m0/s1. The molecule has 224 valence electrons. The van der Waals surface area contributed by atoms with Gasteiger partial charge in [-0.2, -0.15) is 0 Å². The molecule has 0 aliphatic heterocycles. The third-order valence-electron chi connectivity index (χ3n) is 7.28. The Labute approximate surface area is 266 Å². The largest absolute Gasteiger partial charge is 0.352 e. The Hall–Kier alpha value is -2.49. The number of hydrogen-bond donors (Lipinski definition) is 1. The molecule has 4 rings (SSSR count). The number of carbonyl (C=O) groups excluding carboxylic acids is 2. The van der Waals surface area contributed by atoms with Crippen LogP contribution in [0.1, 0.15) is 43.7 Å². The van der Waals surface area contributed by atoms with Gasteiger partial charge in [-0.25, -0.2) is 8.42 Å². The molecule has 1 aliphatic rings. The van der Waals surface area contributed by atoms with Gasteiger partial charge in [-0.05, 0) is 74.7 Å². The lowest BCUT2D eigenvalue weighted by Crippen LogP contribution is -2.52. The van der Waals surface area contributed by atoms with E-state index < -0.39 is 28.5 Å². The zero-order valence-corrected chi connectivity index (χ0v) is 27.0. The minimum absolute atomic E-state index is 0.00460. The zero-order valence-electron chi connectivity index (χ0n) is 23.1. The summed E-state index contributed by atoms with van der Waals surface area (Å²) in [4.78, 5) is 28.7. The normalized spacial score (nSPS) is 14.4. The van der Waals surface area contributed by atoms with Crippen LogP contribution in [-0.2, 0) is 26.2 Å². The predicted molar refractivity (Wildman–Crippen MR) is 169 cm³/mol. The monoisotopic (exact) mass is 669 g/mol. The van der Waals surface area contributed by atoms with E-state index in [4.69, 9.17) is 46.4 Å². The first kappa shape index (κ1) is 32.4. The Balaban J connectivity index is 1.71. The highest BCUT2D eigenvalue weighted by atomic mass is 35.5. The van der Waals surface area contributed by atoms with Crippen LogP contribution in [0.15, 0.2) is 65.6 Å². The number of nitrogens with one attached hydrogen (secondary N) is 1. The molecule has 2 amide bonds. The molecule has 3 aromatic carbocycles. The van der Waals surface area contributed by atoms with Gasteiger partial charge >= 0.3 is 0 Å². The van der Waals surface area contributed by atoms with Crippen molar-refractivity contribution >= 4 is 73.9 Å². The van der Waals surface area contributed by atoms with Gasteiger partial charge in [-0.1, -0.05) is 83.0 Å². The van der Waals surface area contributed by atoms with Crippen LogP contribution in [0, 0.1) is 6.92 Å². The highest BCUT2D eigenvalue weighted by Crippen LogP contribution is 2.31. The van der Waals surface area contributed by atoms with E-state index in [1.54, 1.807) is 37.3 Å². The van der Waals surface area contributed by atoms with Gasteiger partial charge in [-0.3, -0.25) is 13.9 Å². The highest BCUT2D eigenvalue weighted by molar-refractivity contribution is 7.92. The highest BCUT2D eigenvalue weighted by Gasteiger charge is 2.33. The van der Waals surface area contributed by atoms with Gasteiger partial charge in [0.15, 0.2) is 0 Å². The van der Waals surface area contributed by atoms with Crippen LogP contribution in [-0.4, -0.2) is 43.8 Å². The number of rotatable bonds is 10. The topological polar surface area (TPSA) is 86.8 Å². The summed E-state index contributed by atoms with van der Waals surface area (Å²) in [5.74, 6) is -0.922. The van der Waals surface area contributed by atoms with Gasteiger partial charge in [0.25, 0.3) is 10.0 Å². The van der Waals surface area contributed by atoms with Gasteiger partial charge in [0.05, 0.1) is 30.7 Å². The molecule has 0 saturated heterocycles. The Morgan fingerprint density at radius 1 is 0.881 bits per heavy atom. The average molecular weight is 671 g/mol. The smallest absolute Gasteiger partial charge is 0.264 e. The molecule has 1 aliphatic carbocycles. The number of amides is 2. The fourth-order valence-electron chi connectivity index (χ4n) is 4.82. The van der Waals surface area contributed by atoms with Crippen molar-refractivity contribution in [3.05, 3.63) is 91.9 Å². The number of nitrogens with zero attached hydrogens (tertiary/aromatic N) is 2. The number of anilines is 1. The fraction of sp³-hybridized carbons (Fsp3) is 0.333. The number of halogens is 4. The Kier molecular flexibility index (Phi) is 10.7. The van der Waals surface area contributed by atoms with E-state index in [9.17, 15) is 18.0 Å². The molecule has 42 heavy (non-hydrogen) atoms. The average Bonchev–Trinajstić information content (AvgIpc) is 3.46. The van der Waals surface area contributed by atoms with Gasteiger partial charge < -0.3 is 10.2 Å². The van der Waals surface area contributed by atoms with Crippen LogP contribution in [0.3, 0.4) is 0 Å². The van der Waals surface area contributed by atoms with Crippen molar-refractivity contribution in [2.24, 2.45) is 0 Å². The lowest BCUT2D eigenvalue weighted by atomic mass is 10.1. The van der Waals surface area contributed by atoms with Gasteiger partial charge in [0.2, 0.25) is 11.8 Å². The summed E-state index contributed by atoms with van der Waals surface area (Å²) >= 11 is 24.7. The molecular weight excluding hydrogens is 640 g/mol. The van der Waals surface area contributed by atoms with E-state index in [1.807, 2.05) is 6.92 Å². The number of hydrogen-bond acceptors (Lipinski definition) is 4. The Bertz CT molecular complexity index is 1560. The Morgan fingerprint density at radius 2 is 1.48 bits per heavy atom. The second-order valence-electron chi connectivity index (χ2n) is 10.4. The van der Waals surface area contributed by atoms with Crippen LogP contribution < -0.4 is 9.62 Å². The molecule has 7 nitrogen and oxygen atoms in total. The van der Waals surface area contributed by atoms with Crippen molar-refractivity contribution in [2.75, 3.05) is 10.8 Å². The third kappa shape index (κ3) is 7.71. The second-order valence-corrected chi connectivity index (χ2v) is 13.9. The first-order valence-corrected chi connectivity index (χ1v) is 16.4. The molecule has 12 heteroatoms. The van der Waals surface area contributed by atoms with Crippen molar-refractivity contribution in [1.29, 1.82) is 0 Å². The zero-order chi connectivity index (χ0) is 30.6. The van der Waals surface area contributed by atoms with Crippen molar-refractivity contribution in [3.8, 4) is 0 Å². The maximum atomic E-state index is 14.1. The molecule has 0 bridgehead atoms. The molecule has 0 heterocycles. The summed E-state index contributed by atoms with van der Waals surface area (Å²) < 4.78 is 28.9. The summed E-state index contributed by atoms with van der Waals surface area (Å²) in [6.07, 6.45) is 3.81.